The number of nitrogens with zero attached hydrogens (tertiary/aromatic N) is 4. The Balaban J connectivity index is 2.34. The molecule has 0 aliphatic heterocycles. The standard InChI is InChI=1S/C13H18N4O2/c1-13(2,3)10-5-9(7-18)6-11(15-10)19-12-14-8-17(4)16-12/h5-6,8,18H,7H2,1-4H3. The third kappa shape index (κ3) is 3.29. The molecule has 0 spiro atoms. The number of aliphatic hydroxyl groups excluding tert-OH is 1. The zero-order valence-corrected chi connectivity index (χ0v) is 11.6. The van der Waals surface area contributed by atoms with Gasteiger partial charge in [0, 0.05) is 18.5 Å². The Bertz CT molecular complexity index is 572. The van der Waals surface area contributed by atoms with Crippen molar-refractivity contribution in [1.82, 2.24) is 19.7 Å². The molecule has 2 rings (SSSR count). The van der Waals surface area contributed by atoms with Crippen molar-refractivity contribution >= 4 is 0 Å². The van der Waals surface area contributed by atoms with Gasteiger partial charge in [0.2, 0.25) is 5.88 Å². The SMILES string of the molecule is Cn1cnc(Oc2cc(CO)cc(C(C)(C)C)n2)n1. The summed E-state index contributed by atoms with van der Waals surface area (Å²) in [6.07, 6.45) is 1.55. The molecule has 0 saturated heterocycles. The van der Waals surface area contributed by atoms with Crippen LogP contribution in [-0.2, 0) is 19.1 Å². The third-order valence-electron chi connectivity index (χ3n) is 2.59. The lowest BCUT2D eigenvalue weighted by molar-refractivity contribution is 0.280. The Labute approximate surface area is 112 Å². The lowest BCUT2D eigenvalue weighted by Gasteiger charge is -2.19. The molecule has 0 amide bonds. The van der Waals surface area contributed by atoms with Gasteiger partial charge in [-0.05, 0) is 11.6 Å². The molecule has 0 unspecified atom stereocenters. The molecule has 2 heterocycles. The molecule has 6 nitrogen and oxygen atoms in total. The van der Waals surface area contributed by atoms with E-state index < -0.39 is 0 Å². The summed E-state index contributed by atoms with van der Waals surface area (Å²) < 4.78 is 7.06. The number of hydrogen-bond donors (Lipinski definition) is 1. The third-order valence-corrected chi connectivity index (χ3v) is 2.59. The van der Waals surface area contributed by atoms with Crippen LogP contribution in [-0.4, -0.2) is 24.9 Å². The van der Waals surface area contributed by atoms with Crippen LogP contribution in [0.15, 0.2) is 18.5 Å². The highest BCUT2D eigenvalue weighted by Gasteiger charge is 2.18. The predicted molar refractivity (Wildman–Crippen MR) is 69.9 cm³/mol. The van der Waals surface area contributed by atoms with Gasteiger partial charge in [-0.3, -0.25) is 4.68 Å². The summed E-state index contributed by atoms with van der Waals surface area (Å²) in [6, 6.07) is 3.80. The molecule has 1 N–H and O–H groups in total. The second-order valence-electron chi connectivity index (χ2n) is 5.41. The smallest absolute Gasteiger partial charge is 0.342 e. The molecule has 0 aliphatic carbocycles. The number of ether oxygens (including phenoxy) is 1. The van der Waals surface area contributed by atoms with Gasteiger partial charge in [0.25, 0.3) is 0 Å². The van der Waals surface area contributed by atoms with Crippen molar-refractivity contribution < 1.29 is 9.84 Å². The minimum atomic E-state index is -0.124. The molecule has 0 atom stereocenters. The molecule has 6 heteroatoms. The van der Waals surface area contributed by atoms with Gasteiger partial charge < -0.3 is 9.84 Å². The van der Waals surface area contributed by atoms with E-state index in [4.69, 9.17) is 4.74 Å². The van der Waals surface area contributed by atoms with Gasteiger partial charge in [0.05, 0.1) is 12.3 Å². The zero-order valence-electron chi connectivity index (χ0n) is 11.6. The summed E-state index contributed by atoms with van der Waals surface area (Å²) in [5, 5.41) is 13.3. The normalized spacial score (nSPS) is 11.6. The summed E-state index contributed by atoms with van der Waals surface area (Å²) in [6.45, 7) is 6.11. The first-order chi connectivity index (χ1) is 8.88. The molecule has 0 radical (unpaired) electrons. The van der Waals surface area contributed by atoms with Crippen LogP contribution in [0.25, 0.3) is 0 Å². The van der Waals surface area contributed by atoms with Crippen LogP contribution in [0.1, 0.15) is 32.0 Å². The van der Waals surface area contributed by atoms with Gasteiger partial charge in [0.15, 0.2) is 0 Å². The molecule has 102 valence electrons. The predicted octanol–water partition coefficient (Wildman–Crippen LogP) is 1.79. The van der Waals surface area contributed by atoms with Crippen molar-refractivity contribution in [2.24, 2.45) is 7.05 Å². The minimum Gasteiger partial charge on any atom is -0.404 e. The zero-order chi connectivity index (χ0) is 14.0. The highest BCUT2D eigenvalue weighted by Crippen LogP contribution is 2.25. The van der Waals surface area contributed by atoms with E-state index in [1.54, 1.807) is 24.1 Å². The Morgan fingerprint density at radius 3 is 2.58 bits per heavy atom. The van der Waals surface area contributed by atoms with E-state index in [9.17, 15) is 5.11 Å². The van der Waals surface area contributed by atoms with E-state index in [1.165, 1.54) is 0 Å². The molecule has 19 heavy (non-hydrogen) atoms. The maximum atomic E-state index is 9.30. The van der Waals surface area contributed by atoms with Crippen LogP contribution in [0, 0.1) is 0 Å². The largest absolute Gasteiger partial charge is 0.404 e. The number of aromatic nitrogens is 4. The Morgan fingerprint density at radius 2 is 2.05 bits per heavy atom. The fourth-order valence-electron chi connectivity index (χ4n) is 1.55. The number of hydrogen-bond acceptors (Lipinski definition) is 5. The highest BCUT2D eigenvalue weighted by atomic mass is 16.5. The lowest BCUT2D eigenvalue weighted by atomic mass is 9.91. The first kappa shape index (κ1) is 13.5. The van der Waals surface area contributed by atoms with Crippen LogP contribution in [0.3, 0.4) is 0 Å². The van der Waals surface area contributed by atoms with Gasteiger partial charge in [-0.1, -0.05) is 20.8 Å². The number of aliphatic hydroxyl groups is 1. The molecular formula is C13H18N4O2. The van der Waals surface area contributed by atoms with Crippen LogP contribution >= 0.6 is 0 Å². The van der Waals surface area contributed by atoms with Crippen LogP contribution in [0.4, 0.5) is 0 Å². The second-order valence-corrected chi connectivity index (χ2v) is 5.41. The van der Waals surface area contributed by atoms with Gasteiger partial charge >= 0.3 is 6.01 Å². The van der Waals surface area contributed by atoms with Crippen molar-refractivity contribution in [3.05, 3.63) is 29.7 Å². The Hall–Kier alpha value is -1.95. The lowest BCUT2D eigenvalue weighted by Crippen LogP contribution is -2.14. The van der Waals surface area contributed by atoms with Crippen LogP contribution < -0.4 is 4.74 Å². The van der Waals surface area contributed by atoms with E-state index >= 15 is 0 Å². The summed E-state index contributed by atoms with van der Waals surface area (Å²) in [5.41, 5.74) is 1.48. The molecule has 0 aliphatic rings. The summed E-state index contributed by atoms with van der Waals surface area (Å²) in [7, 11) is 1.76. The van der Waals surface area contributed by atoms with Gasteiger partial charge in [-0.15, -0.1) is 5.10 Å². The minimum absolute atomic E-state index is 0.0579. The molecule has 0 aromatic carbocycles. The van der Waals surface area contributed by atoms with Crippen molar-refractivity contribution in [3.63, 3.8) is 0 Å². The quantitative estimate of drug-likeness (QED) is 0.913. The maximum absolute atomic E-state index is 9.30. The highest BCUT2D eigenvalue weighted by molar-refractivity contribution is 5.29. The second kappa shape index (κ2) is 4.97. The summed E-state index contributed by atoms with van der Waals surface area (Å²) in [5.74, 6) is 0.391. The molecule has 0 fully saturated rings. The maximum Gasteiger partial charge on any atom is 0.342 e. The average molecular weight is 262 g/mol. The van der Waals surface area contributed by atoms with E-state index in [1.807, 2.05) is 6.07 Å². The van der Waals surface area contributed by atoms with E-state index in [0.29, 0.717) is 5.88 Å². The first-order valence-corrected chi connectivity index (χ1v) is 6.04. The monoisotopic (exact) mass is 262 g/mol. The van der Waals surface area contributed by atoms with Crippen molar-refractivity contribution in [3.8, 4) is 11.9 Å². The van der Waals surface area contributed by atoms with Crippen LogP contribution in [0.5, 0.6) is 11.9 Å². The number of pyridine rings is 1. The topological polar surface area (TPSA) is 73.1 Å². The van der Waals surface area contributed by atoms with Crippen molar-refractivity contribution in [1.29, 1.82) is 0 Å². The first-order valence-electron chi connectivity index (χ1n) is 6.04. The van der Waals surface area contributed by atoms with E-state index in [0.717, 1.165) is 11.3 Å². The fourth-order valence-corrected chi connectivity index (χ4v) is 1.55. The molecule has 2 aromatic heterocycles. The fraction of sp³-hybridized carbons (Fsp3) is 0.462. The summed E-state index contributed by atoms with van der Waals surface area (Å²) >= 11 is 0. The van der Waals surface area contributed by atoms with Gasteiger partial charge in [-0.2, -0.15) is 4.98 Å². The molecule has 0 bridgehead atoms. The van der Waals surface area contributed by atoms with Crippen molar-refractivity contribution in [2.45, 2.75) is 32.8 Å². The molecular weight excluding hydrogens is 244 g/mol. The van der Waals surface area contributed by atoms with Crippen molar-refractivity contribution in [2.75, 3.05) is 0 Å². The summed E-state index contributed by atoms with van der Waals surface area (Å²) in [4.78, 5) is 8.42. The Morgan fingerprint density at radius 1 is 1.32 bits per heavy atom. The molecule has 2 aromatic rings. The average Bonchev–Trinajstić information content (AvgIpc) is 2.73. The Kier molecular flexibility index (Phi) is 3.53. The number of rotatable bonds is 3. The van der Waals surface area contributed by atoms with E-state index in [-0.39, 0.29) is 18.0 Å². The number of aryl methyl sites for hydroxylation is 1. The molecule has 0 saturated carbocycles. The van der Waals surface area contributed by atoms with Gasteiger partial charge in [-0.25, -0.2) is 4.98 Å². The van der Waals surface area contributed by atoms with Crippen LogP contribution in [0.2, 0.25) is 0 Å². The van der Waals surface area contributed by atoms with E-state index in [2.05, 4.69) is 35.8 Å². The van der Waals surface area contributed by atoms with Gasteiger partial charge in [0.1, 0.15) is 6.33 Å².